The highest BCUT2D eigenvalue weighted by Gasteiger charge is 2.25. The summed E-state index contributed by atoms with van der Waals surface area (Å²) in [6, 6.07) is 11.3. The molecule has 0 spiro atoms. The number of aromatic nitrogens is 2. The number of amides is 1. The van der Waals surface area contributed by atoms with Gasteiger partial charge in [-0.3, -0.25) is 9.69 Å². The highest BCUT2D eigenvalue weighted by atomic mass is 19.1. The predicted molar refractivity (Wildman–Crippen MR) is 144 cm³/mol. The fourth-order valence-corrected chi connectivity index (χ4v) is 4.56. The fraction of sp³-hybridized carbons (Fsp3) is 0.414. The largest absolute Gasteiger partial charge is 0.488 e. The maximum Gasteiger partial charge on any atom is 0.231 e. The second-order valence-electron chi connectivity index (χ2n) is 10.1. The van der Waals surface area contributed by atoms with E-state index in [0.717, 1.165) is 34.0 Å². The van der Waals surface area contributed by atoms with E-state index in [4.69, 9.17) is 20.4 Å². The minimum Gasteiger partial charge on any atom is -0.488 e. The van der Waals surface area contributed by atoms with E-state index >= 15 is 0 Å². The second kappa shape index (κ2) is 11.3. The first-order valence-electron chi connectivity index (χ1n) is 12.8. The van der Waals surface area contributed by atoms with Crippen molar-refractivity contribution >= 4 is 11.7 Å². The average Bonchev–Trinajstić information content (AvgIpc) is 2.85. The van der Waals surface area contributed by atoms with Gasteiger partial charge >= 0.3 is 0 Å². The molecule has 1 amide bonds. The smallest absolute Gasteiger partial charge is 0.231 e. The summed E-state index contributed by atoms with van der Waals surface area (Å²) in [5.41, 5.74) is 10.6. The van der Waals surface area contributed by atoms with Crippen LogP contribution in [0.1, 0.15) is 47.7 Å². The summed E-state index contributed by atoms with van der Waals surface area (Å²) in [7, 11) is 0. The number of ether oxygens (including phenoxy) is 1. The van der Waals surface area contributed by atoms with Gasteiger partial charge in [0.15, 0.2) is 5.82 Å². The number of hydrogen-bond acceptors (Lipinski definition) is 6. The molecule has 0 aliphatic carbocycles. The molecule has 7 nitrogen and oxygen atoms in total. The zero-order valence-electron chi connectivity index (χ0n) is 22.3. The fourth-order valence-electron chi connectivity index (χ4n) is 4.56. The van der Waals surface area contributed by atoms with Gasteiger partial charge in [-0.25, -0.2) is 14.4 Å². The Morgan fingerprint density at radius 3 is 2.46 bits per heavy atom. The van der Waals surface area contributed by atoms with Crippen molar-refractivity contribution in [3.63, 3.8) is 0 Å². The molecule has 0 bridgehead atoms. The first kappa shape index (κ1) is 26.5. The molecule has 0 unspecified atom stereocenters. The van der Waals surface area contributed by atoms with E-state index in [2.05, 4.69) is 36.9 Å². The Morgan fingerprint density at radius 2 is 1.78 bits per heavy atom. The number of nitrogens with zero attached hydrogens (tertiary/aromatic N) is 4. The van der Waals surface area contributed by atoms with Crippen LogP contribution in [0, 0.1) is 26.6 Å². The molecule has 37 heavy (non-hydrogen) atoms. The van der Waals surface area contributed by atoms with Gasteiger partial charge in [0.05, 0.1) is 23.4 Å². The molecule has 2 N–H and O–H groups in total. The number of benzene rings is 2. The van der Waals surface area contributed by atoms with Crippen molar-refractivity contribution in [1.29, 1.82) is 0 Å². The van der Waals surface area contributed by atoms with E-state index in [0.29, 0.717) is 50.1 Å². The average molecular weight is 506 g/mol. The number of anilines is 1. The van der Waals surface area contributed by atoms with Crippen LogP contribution in [0.4, 0.5) is 10.2 Å². The Labute approximate surface area is 218 Å². The van der Waals surface area contributed by atoms with Gasteiger partial charge in [-0.1, -0.05) is 37.6 Å². The molecule has 0 radical (unpaired) electrons. The SMILES string of the molecule is Cc1ccc(F)c(-c2nc(C)c(COc3cc(C(C)C)ccc3C)c(N3CCN(CC(N)=O)CC3)n2)c1. The summed E-state index contributed by atoms with van der Waals surface area (Å²) in [6.07, 6.45) is 0. The lowest BCUT2D eigenvalue weighted by atomic mass is 10.0. The van der Waals surface area contributed by atoms with Crippen LogP contribution in [0.25, 0.3) is 11.4 Å². The third-order valence-corrected chi connectivity index (χ3v) is 6.86. The predicted octanol–water partition coefficient (Wildman–Crippen LogP) is 4.52. The molecule has 1 aromatic heterocycles. The number of nitrogens with two attached hydrogens (primary N) is 1. The molecule has 1 fully saturated rings. The van der Waals surface area contributed by atoms with Crippen LogP contribution < -0.4 is 15.4 Å². The van der Waals surface area contributed by atoms with Crippen LogP contribution in [0.2, 0.25) is 0 Å². The summed E-state index contributed by atoms with van der Waals surface area (Å²) >= 11 is 0. The van der Waals surface area contributed by atoms with E-state index < -0.39 is 0 Å². The minimum absolute atomic E-state index is 0.234. The van der Waals surface area contributed by atoms with E-state index in [9.17, 15) is 9.18 Å². The minimum atomic E-state index is -0.354. The Balaban J connectivity index is 1.69. The van der Waals surface area contributed by atoms with Crippen LogP contribution >= 0.6 is 0 Å². The molecule has 4 rings (SSSR count). The molecule has 2 aromatic carbocycles. The summed E-state index contributed by atoms with van der Waals surface area (Å²) < 4.78 is 21.1. The number of primary amides is 1. The molecule has 2 heterocycles. The first-order valence-corrected chi connectivity index (χ1v) is 12.8. The number of piperazine rings is 1. The zero-order chi connectivity index (χ0) is 26.7. The molecule has 3 aromatic rings. The molecular formula is C29H36FN5O2. The van der Waals surface area contributed by atoms with Crippen molar-refractivity contribution in [2.24, 2.45) is 5.73 Å². The van der Waals surface area contributed by atoms with Gasteiger partial charge in [0.25, 0.3) is 0 Å². The molecule has 0 atom stereocenters. The standard InChI is InChI=1S/C29H36FN5O2/c1-18(2)22-8-7-20(4)26(15-22)37-17-24-21(5)32-28(23-14-19(3)6-9-25(23)30)33-29(24)35-12-10-34(11-13-35)16-27(31)36/h6-9,14-15,18H,10-13,16-17H2,1-5H3,(H2,31,36). The van der Waals surface area contributed by atoms with Crippen molar-refractivity contribution in [1.82, 2.24) is 14.9 Å². The van der Waals surface area contributed by atoms with E-state index in [1.54, 1.807) is 12.1 Å². The number of hydrogen-bond donors (Lipinski definition) is 1. The topological polar surface area (TPSA) is 84.6 Å². The van der Waals surface area contributed by atoms with Gasteiger partial charge in [-0.05, 0) is 56.0 Å². The summed E-state index contributed by atoms with van der Waals surface area (Å²) in [4.78, 5) is 25.2. The van der Waals surface area contributed by atoms with Crippen molar-refractivity contribution in [3.05, 3.63) is 70.2 Å². The monoisotopic (exact) mass is 505 g/mol. The lowest BCUT2D eigenvalue weighted by Gasteiger charge is -2.36. The highest BCUT2D eigenvalue weighted by molar-refractivity contribution is 5.76. The second-order valence-corrected chi connectivity index (χ2v) is 10.1. The number of halogens is 1. The molecule has 1 aliphatic rings. The summed E-state index contributed by atoms with van der Waals surface area (Å²) in [5, 5.41) is 0. The summed E-state index contributed by atoms with van der Waals surface area (Å²) in [6.45, 7) is 13.4. The molecule has 1 saturated heterocycles. The van der Waals surface area contributed by atoms with E-state index in [1.807, 2.05) is 25.7 Å². The number of aryl methyl sites for hydroxylation is 3. The van der Waals surface area contributed by atoms with Crippen molar-refractivity contribution in [3.8, 4) is 17.1 Å². The third kappa shape index (κ3) is 6.25. The van der Waals surface area contributed by atoms with E-state index in [-0.39, 0.29) is 18.3 Å². The van der Waals surface area contributed by atoms with Crippen molar-refractivity contribution in [2.75, 3.05) is 37.6 Å². The van der Waals surface area contributed by atoms with Crippen LogP contribution in [-0.4, -0.2) is 53.5 Å². The maximum absolute atomic E-state index is 14.8. The molecule has 196 valence electrons. The Bertz CT molecular complexity index is 1290. The Kier molecular flexibility index (Phi) is 8.07. The van der Waals surface area contributed by atoms with Gasteiger partial charge in [0.1, 0.15) is 24.0 Å². The van der Waals surface area contributed by atoms with Gasteiger partial charge in [0.2, 0.25) is 5.91 Å². The number of carbonyl (C=O) groups is 1. The highest BCUT2D eigenvalue weighted by Crippen LogP contribution is 2.30. The zero-order valence-corrected chi connectivity index (χ0v) is 22.3. The molecule has 8 heteroatoms. The maximum atomic E-state index is 14.8. The van der Waals surface area contributed by atoms with Crippen LogP contribution in [0.15, 0.2) is 36.4 Å². The summed E-state index contributed by atoms with van der Waals surface area (Å²) in [5.74, 6) is 1.62. The normalized spacial score (nSPS) is 14.3. The van der Waals surface area contributed by atoms with Crippen LogP contribution in [-0.2, 0) is 11.4 Å². The lowest BCUT2D eigenvalue weighted by Crippen LogP contribution is -2.49. The Morgan fingerprint density at radius 1 is 1.05 bits per heavy atom. The van der Waals surface area contributed by atoms with Crippen molar-refractivity contribution < 1.29 is 13.9 Å². The molecule has 0 saturated carbocycles. The number of carbonyl (C=O) groups excluding carboxylic acids is 1. The number of rotatable bonds is 8. The van der Waals surface area contributed by atoms with Crippen LogP contribution in [0.5, 0.6) is 5.75 Å². The molecule has 1 aliphatic heterocycles. The first-order chi connectivity index (χ1) is 17.6. The lowest BCUT2D eigenvalue weighted by molar-refractivity contribution is -0.119. The van der Waals surface area contributed by atoms with Gasteiger partial charge in [0, 0.05) is 26.2 Å². The van der Waals surface area contributed by atoms with Gasteiger partial charge in [-0.15, -0.1) is 0 Å². The van der Waals surface area contributed by atoms with E-state index in [1.165, 1.54) is 11.6 Å². The quantitative estimate of drug-likeness (QED) is 0.485. The van der Waals surface area contributed by atoms with Gasteiger partial charge < -0.3 is 15.4 Å². The molecular weight excluding hydrogens is 469 g/mol. The van der Waals surface area contributed by atoms with Crippen LogP contribution in [0.3, 0.4) is 0 Å². The third-order valence-electron chi connectivity index (χ3n) is 6.86. The van der Waals surface area contributed by atoms with Crippen molar-refractivity contribution in [2.45, 2.75) is 47.1 Å². The van der Waals surface area contributed by atoms with Gasteiger partial charge in [-0.2, -0.15) is 0 Å². The Hall–Kier alpha value is -3.52.